The number of hydrogen-bond acceptors (Lipinski definition) is 15. The number of para-hydroxylation sites is 2. The lowest BCUT2D eigenvalue weighted by molar-refractivity contribution is 0.0964. The van der Waals surface area contributed by atoms with Crippen molar-refractivity contribution in [1.29, 1.82) is 0 Å². The highest BCUT2D eigenvalue weighted by atomic mass is 35.5. The molecule has 0 aliphatic heterocycles. The Morgan fingerprint density at radius 2 is 1.14 bits per heavy atom. The smallest absolute Gasteiger partial charge is 0.326 e. The van der Waals surface area contributed by atoms with E-state index in [1.807, 2.05) is 24.3 Å². The highest BCUT2D eigenvalue weighted by molar-refractivity contribution is 6.34. The number of aromatic hydroxyl groups is 2. The molecule has 0 bridgehead atoms. The Kier molecular flexibility index (Phi) is 13.4. The molecule has 0 radical (unpaired) electrons. The Morgan fingerprint density at radius 3 is 1.74 bits per heavy atom. The second-order valence-corrected chi connectivity index (χ2v) is 15.6. The van der Waals surface area contributed by atoms with E-state index < -0.39 is 17.7 Å². The van der Waals surface area contributed by atoms with E-state index in [1.54, 1.807) is 127 Å². The number of fused-ring (bicyclic) bond motifs is 2. The number of rotatable bonds is 14. The fraction of sp³-hybridized carbons (Fsp3) is 0.0200. The standard InChI is InChI=1S/C50H34Cl2N10O7/c51-39-13-5-7-15-41(39)54-50(66)55-47(65)38-26-32-10-2-4-12-37(32)44(46(38)64)59-57-35-23-19-30(20-24-35)49-61-60-48(69-49)29-17-21-34(22-18-29)56-58-43-36-11-3-1-9-31(36)25-33(45(43)63)27-67-53-28-68-62-42-16-8-6-14-40(42)52/h1-26,28,62-64H,27H2,(H2,54,55,65,66). The van der Waals surface area contributed by atoms with Crippen LogP contribution in [0.25, 0.3) is 44.5 Å². The molecule has 340 valence electrons. The molecule has 0 aliphatic carbocycles. The van der Waals surface area contributed by atoms with Gasteiger partial charge in [-0.2, -0.15) is 10.2 Å². The molecule has 0 spiro atoms. The van der Waals surface area contributed by atoms with Gasteiger partial charge < -0.3 is 29.6 Å². The number of urea groups is 1. The van der Waals surface area contributed by atoms with Crippen molar-refractivity contribution < 1.29 is 33.9 Å². The van der Waals surface area contributed by atoms with E-state index >= 15 is 0 Å². The Balaban J connectivity index is 0.850. The first-order valence-corrected chi connectivity index (χ1v) is 21.5. The summed E-state index contributed by atoms with van der Waals surface area (Å²) in [5, 5.41) is 60.3. The molecule has 0 saturated carbocycles. The molecule has 0 fully saturated rings. The van der Waals surface area contributed by atoms with E-state index in [0.29, 0.717) is 60.6 Å². The van der Waals surface area contributed by atoms with Crippen molar-refractivity contribution in [1.82, 2.24) is 15.5 Å². The summed E-state index contributed by atoms with van der Waals surface area (Å²) in [5.74, 6) is -0.942. The molecule has 17 nitrogen and oxygen atoms in total. The average molecular weight is 958 g/mol. The Bertz CT molecular complexity index is 3460. The number of carbonyl (C=O) groups excluding carboxylic acids is 2. The number of phenolic OH excluding ortho intramolecular Hbond substituents is 2. The van der Waals surface area contributed by atoms with Crippen LogP contribution in [0, 0.1) is 0 Å². The van der Waals surface area contributed by atoms with Crippen LogP contribution in [0.5, 0.6) is 11.5 Å². The first kappa shape index (κ1) is 45.0. The lowest BCUT2D eigenvalue weighted by atomic mass is 10.0. The maximum absolute atomic E-state index is 13.2. The summed E-state index contributed by atoms with van der Waals surface area (Å²) in [5.41, 5.74) is 6.19. The number of phenols is 2. The van der Waals surface area contributed by atoms with Crippen LogP contribution < -0.4 is 16.1 Å². The average Bonchev–Trinajstić information content (AvgIpc) is 3.86. The lowest BCUT2D eigenvalue weighted by Gasteiger charge is -2.11. The SMILES string of the molecule is O=C(NC(=O)c1cc2ccccc2c(N=Nc2ccc(-c3nnc(-c4ccc(N=Nc5c(O)c(CON=CONc6ccccc6Cl)cc6ccccc56)cc4)o3)cc2)c1O)Nc1ccccc1Cl. The van der Waals surface area contributed by atoms with Gasteiger partial charge in [0.05, 0.1) is 38.4 Å². The van der Waals surface area contributed by atoms with E-state index in [2.05, 4.69) is 51.9 Å². The number of anilines is 2. The number of oxime groups is 1. The first-order valence-electron chi connectivity index (χ1n) is 20.7. The number of azo groups is 2. The van der Waals surface area contributed by atoms with Gasteiger partial charge in [-0.1, -0.05) is 101 Å². The van der Waals surface area contributed by atoms with Gasteiger partial charge >= 0.3 is 6.03 Å². The van der Waals surface area contributed by atoms with E-state index in [9.17, 15) is 19.8 Å². The van der Waals surface area contributed by atoms with Gasteiger partial charge in [-0.25, -0.2) is 10.3 Å². The molecule has 3 amide bonds. The molecule has 9 aromatic rings. The van der Waals surface area contributed by atoms with Crippen LogP contribution in [-0.2, 0) is 16.3 Å². The number of amides is 3. The molecule has 0 saturated heterocycles. The molecular formula is C50H34Cl2N10O7. The number of aromatic nitrogens is 2. The van der Waals surface area contributed by atoms with Crippen LogP contribution in [0.2, 0.25) is 10.0 Å². The maximum Gasteiger partial charge on any atom is 0.326 e. The van der Waals surface area contributed by atoms with E-state index in [0.717, 1.165) is 11.8 Å². The Hall–Kier alpha value is -9.19. The molecule has 1 heterocycles. The van der Waals surface area contributed by atoms with Crippen LogP contribution >= 0.6 is 23.2 Å². The number of nitrogens with one attached hydrogen (secondary N) is 3. The third-order valence-electron chi connectivity index (χ3n) is 10.3. The molecular weight excluding hydrogens is 924 g/mol. The zero-order chi connectivity index (χ0) is 47.7. The van der Waals surface area contributed by atoms with Gasteiger partial charge in [0.2, 0.25) is 18.2 Å². The third-order valence-corrected chi connectivity index (χ3v) is 10.9. The van der Waals surface area contributed by atoms with Crippen molar-refractivity contribution >= 4 is 97.2 Å². The van der Waals surface area contributed by atoms with Crippen LogP contribution in [0.1, 0.15) is 15.9 Å². The molecule has 8 aromatic carbocycles. The van der Waals surface area contributed by atoms with Crippen molar-refractivity contribution in [3.63, 3.8) is 0 Å². The summed E-state index contributed by atoms with van der Waals surface area (Å²) >= 11 is 12.2. The number of hydrogen-bond donors (Lipinski definition) is 5. The summed E-state index contributed by atoms with van der Waals surface area (Å²) in [6, 6.07) is 44.2. The van der Waals surface area contributed by atoms with Gasteiger partial charge in [0.1, 0.15) is 23.7 Å². The van der Waals surface area contributed by atoms with Gasteiger partial charge in [0.15, 0.2) is 5.75 Å². The fourth-order valence-electron chi connectivity index (χ4n) is 6.87. The van der Waals surface area contributed by atoms with Crippen LogP contribution in [0.4, 0.5) is 38.9 Å². The lowest BCUT2D eigenvalue weighted by Crippen LogP contribution is -2.34. The summed E-state index contributed by atoms with van der Waals surface area (Å²) in [7, 11) is 0. The van der Waals surface area contributed by atoms with E-state index in [1.165, 1.54) is 6.07 Å². The Labute approximate surface area is 401 Å². The van der Waals surface area contributed by atoms with Crippen molar-refractivity contribution in [3.05, 3.63) is 179 Å². The maximum atomic E-state index is 13.2. The van der Waals surface area contributed by atoms with E-state index in [-0.39, 0.29) is 46.1 Å². The number of imide groups is 1. The van der Waals surface area contributed by atoms with Gasteiger partial charge in [-0.05, 0) is 95.7 Å². The minimum absolute atomic E-state index is 0.0304. The second-order valence-electron chi connectivity index (χ2n) is 14.8. The molecule has 0 unspecified atom stereocenters. The summed E-state index contributed by atoms with van der Waals surface area (Å²) in [6.07, 6.45) is 1.06. The summed E-state index contributed by atoms with van der Waals surface area (Å²) in [6.45, 7) is -0.0837. The predicted octanol–water partition coefficient (Wildman–Crippen LogP) is 13.7. The molecule has 69 heavy (non-hydrogen) atoms. The zero-order valence-electron chi connectivity index (χ0n) is 35.6. The molecule has 0 atom stereocenters. The van der Waals surface area contributed by atoms with Crippen LogP contribution in [0.3, 0.4) is 0 Å². The van der Waals surface area contributed by atoms with Crippen molar-refractivity contribution in [2.75, 3.05) is 10.8 Å². The van der Waals surface area contributed by atoms with Crippen molar-refractivity contribution in [3.8, 4) is 34.4 Å². The summed E-state index contributed by atoms with van der Waals surface area (Å²) < 4.78 is 6.01. The minimum Gasteiger partial charge on any atom is -0.505 e. The highest BCUT2D eigenvalue weighted by Crippen LogP contribution is 2.41. The number of nitrogens with zero attached hydrogens (tertiary/aromatic N) is 7. The number of benzene rings is 8. The van der Waals surface area contributed by atoms with E-state index in [4.69, 9.17) is 37.3 Å². The van der Waals surface area contributed by atoms with Crippen molar-refractivity contribution in [2.24, 2.45) is 25.6 Å². The zero-order valence-corrected chi connectivity index (χ0v) is 37.1. The topological polar surface area (TPSA) is 230 Å². The Morgan fingerprint density at radius 1 is 0.623 bits per heavy atom. The molecule has 19 heteroatoms. The van der Waals surface area contributed by atoms with Crippen molar-refractivity contribution in [2.45, 2.75) is 6.61 Å². The van der Waals surface area contributed by atoms with Crippen LogP contribution in [0.15, 0.2) is 188 Å². The van der Waals surface area contributed by atoms with Gasteiger partial charge in [-0.15, -0.1) is 20.4 Å². The molecule has 5 N–H and O–H groups in total. The van der Waals surface area contributed by atoms with Gasteiger partial charge in [0, 0.05) is 27.5 Å². The third kappa shape index (κ3) is 10.4. The first-order chi connectivity index (χ1) is 33.7. The summed E-state index contributed by atoms with van der Waals surface area (Å²) in [4.78, 5) is 36.4. The van der Waals surface area contributed by atoms with Gasteiger partial charge in [-0.3, -0.25) is 10.1 Å². The largest absolute Gasteiger partial charge is 0.505 e. The second kappa shape index (κ2) is 20.5. The molecule has 0 aliphatic rings. The van der Waals surface area contributed by atoms with Gasteiger partial charge in [0.25, 0.3) is 5.91 Å². The quantitative estimate of drug-likeness (QED) is 0.0299. The monoisotopic (exact) mass is 956 g/mol. The number of halogens is 2. The normalized spacial score (nSPS) is 11.4. The molecule has 1 aromatic heterocycles. The number of carbonyl (C=O) groups is 2. The minimum atomic E-state index is -0.862. The van der Waals surface area contributed by atoms with Crippen LogP contribution in [-0.4, -0.2) is 38.7 Å². The molecule has 9 rings (SSSR count). The fourth-order valence-corrected chi connectivity index (χ4v) is 7.23. The predicted molar refractivity (Wildman–Crippen MR) is 262 cm³/mol. The highest BCUT2D eigenvalue weighted by Gasteiger charge is 2.21.